The molecule has 3 unspecified atom stereocenters. The Balaban J connectivity index is 1.90. The third kappa shape index (κ3) is 1.51. The summed E-state index contributed by atoms with van der Waals surface area (Å²) in [5.41, 5.74) is 4.37. The van der Waals surface area contributed by atoms with E-state index in [-0.39, 0.29) is 5.41 Å². The van der Waals surface area contributed by atoms with Crippen molar-refractivity contribution in [3.63, 3.8) is 0 Å². The molecule has 3 aliphatic carbocycles. The van der Waals surface area contributed by atoms with E-state index in [0.29, 0.717) is 24.0 Å². The van der Waals surface area contributed by atoms with Gasteiger partial charge in [0.05, 0.1) is 0 Å². The minimum Gasteiger partial charge on any atom is -0.299 e. The van der Waals surface area contributed by atoms with Crippen LogP contribution in [0.4, 0.5) is 0 Å². The van der Waals surface area contributed by atoms with Crippen LogP contribution in [0.25, 0.3) is 0 Å². The van der Waals surface area contributed by atoms with E-state index in [2.05, 4.69) is 37.3 Å². The summed E-state index contributed by atoms with van der Waals surface area (Å²) in [7, 11) is 0. The van der Waals surface area contributed by atoms with Gasteiger partial charge in [0, 0.05) is 18.3 Å². The molecule has 1 aromatic carbocycles. The van der Waals surface area contributed by atoms with E-state index < -0.39 is 0 Å². The number of aryl methyl sites for hydroxylation is 1. The first-order valence-electron chi connectivity index (χ1n) is 7.53. The molecule has 19 heavy (non-hydrogen) atoms. The number of benzene rings is 1. The lowest BCUT2D eigenvalue weighted by atomic mass is 9.62. The zero-order valence-electron chi connectivity index (χ0n) is 11.5. The van der Waals surface area contributed by atoms with Gasteiger partial charge in [0.15, 0.2) is 0 Å². The van der Waals surface area contributed by atoms with Crippen LogP contribution in [0, 0.1) is 11.8 Å². The molecule has 98 valence electrons. The maximum atomic E-state index is 12.2. The fourth-order valence-corrected chi connectivity index (χ4v) is 4.65. The topological polar surface area (TPSA) is 17.1 Å². The van der Waals surface area contributed by atoms with Crippen molar-refractivity contribution in [3.8, 4) is 0 Å². The second-order valence-electron chi connectivity index (χ2n) is 6.58. The molecule has 0 radical (unpaired) electrons. The molecule has 3 atom stereocenters. The largest absolute Gasteiger partial charge is 0.299 e. The van der Waals surface area contributed by atoms with Crippen LogP contribution in [-0.2, 0) is 23.1 Å². The molecule has 1 nitrogen and oxygen atoms in total. The molecule has 0 aromatic heterocycles. The van der Waals surface area contributed by atoms with Gasteiger partial charge in [0.2, 0.25) is 0 Å². The average molecular weight is 252 g/mol. The summed E-state index contributed by atoms with van der Waals surface area (Å²) in [6.07, 6.45) is 9.73. The van der Waals surface area contributed by atoms with Crippen LogP contribution in [-0.4, -0.2) is 5.78 Å². The highest BCUT2D eigenvalue weighted by molar-refractivity contribution is 5.85. The lowest BCUT2D eigenvalue weighted by Gasteiger charge is -2.40. The number of ketones is 1. The second-order valence-corrected chi connectivity index (χ2v) is 6.58. The second kappa shape index (κ2) is 3.82. The van der Waals surface area contributed by atoms with Crippen molar-refractivity contribution < 1.29 is 4.79 Å². The summed E-state index contributed by atoms with van der Waals surface area (Å²) in [4.78, 5) is 12.2. The Kier molecular flexibility index (Phi) is 2.30. The van der Waals surface area contributed by atoms with Gasteiger partial charge >= 0.3 is 0 Å². The monoisotopic (exact) mass is 252 g/mol. The van der Waals surface area contributed by atoms with Crippen molar-refractivity contribution in [2.45, 2.75) is 44.4 Å². The van der Waals surface area contributed by atoms with E-state index in [4.69, 9.17) is 0 Å². The van der Waals surface area contributed by atoms with Gasteiger partial charge in [0.25, 0.3) is 0 Å². The maximum Gasteiger partial charge on any atom is 0.138 e. The number of fused-ring (bicyclic) bond motifs is 5. The van der Waals surface area contributed by atoms with E-state index >= 15 is 0 Å². The van der Waals surface area contributed by atoms with Crippen LogP contribution in [0.1, 0.15) is 42.9 Å². The van der Waals surface area contributed by atoms with Gasteiger partial charge in [0.1, 0.15) is 5.78 Å². The number of Topliss-reactive ketones (excluding diaryl/α,β-unsaturated/α-hetero) is 1. The number of carbonyl (C=O) groups excluding carboxylic acids is 1. The molecule has 0 aliphatic heterocycles. The highest BCUT2D eigenvalue weighted by Gasteiger charge is 2.52. The van der Waals surface area contributed by atoms with Crippen LogP contribution < -0.4 is 0 Å². The molecule has 0 heterocycles. The Morgan fingerprint density at radius 3 is 2.89 bits per heavy atom. The Labute approximate surface area is 114 Å². The molecule has 0 amide bonds. The highest BCUT2D eigenvalue weighted by Crippen LogP contribution is 2.57. The number of allylic oxidation sites excluding steroid dienone is 2. The van der Waals surface area contributed by atoms with Crippen molar-refractivity contribution in [1.82, 2.24) is 0 Å². The Bertz CT molecular complexity index is 583. The van der Waals surface area contributed by atoms with Crippen LogP contribution in [0.15, 0.2) is 30.4 Å². The molecular weight excluding hydrogens is 232 g/mol. The van der Waals surface area contributed by atoms with E-state index in [1.54, 1.807) is 0 Å². The summed E-state index contributed by atoms with van der Waals surface area (Å²) in [6.45, 7) is 2.21. The summed E-state index contributed by atoms with van der Waals surface area (Å²) in [6, 6.07) is 6.81. The summed E-state index contributed by atoms with van der Waals surface area (Å²) in [5.74, 6) is 1.76. The minimum absolute atomic E-state index is 0.148. The molecule has 1 heteroatoms. The lowest BCUT2D eigenvalue weighted by Crippen LogP contribution is -2.39. The summed E-state index contributed by atoms with van der Waals surface area (Å²) < 4.78 is 0. The Morgan fingerprint density at radius 2 is 2.21 bits per heavy atom. The normalized spacial score (nSPS) is 35.1. The van der Waals surface area contributed by atoms with Crippen molar-refractivity contribution in [2.24, 2.45) is 11.8 Å². The van der Waals surface area contributed by atoms with Crippen LogP contribution in [0.2, 0.25) is 0 Å². The zero-order chi connectivity index (χ0) is 13.0. The molecule has 2 bridgehead atoms. The van der Waals surface area contributed by atoms with Crippen molar-refractivity contribution in [2.75, 3.05) is 0 Å². The van der Waals surface area contributed by atoms with Gasteiger partial charge in [-0.1, -0.05) is 37.3 Å². The molecule has 1 fully saturated rings. The van der Waals surface area contributed by atoms with Crippen LogP contribution in [0.5, 0.6) is 0 Å². The van der Waals surface area contributed by atoms with Crippen molar-refractivity contribution in [3.05, 3.63) is 47.0 Å². The molecule has 1 spiro atoms. The smallest absolute Gasteiger partial charge is 0.138 e. The fourth-order valence-electron chi connectivity index (χ4n) is 4.65. The fraction of sp³-hybridized carbons (Fsp3) is 0.500. The van der Waals surface area contributed by atoms with Gasteiger partial charge in [-0.2, -0.15) is 0 Å². The molecule has 0 N–H and O–H groups in total. The van der Waals surface area contributed by atoms with Crippen molar-refractivity contribution in [1.29, 1.82) is 0 Å². The number of rotatable bonds is 1. The standard InChI is InChI=1S/C18H20O/c1-2-12-3-5-14-9-16(19)11-18(17(14)8-12)10-13-4-6-15(18)7-13/h3-6,8,13,15H,2,7,9-11H2,1H3. The number of hydrogen-bond donors (Lipinski definition) is 0. The first-order chi connectivity index (χ1) is 9.21. The van der Waals surface area contributed by atoms with E-state index in [1.165, 1.54) is 29.5 Å². The van der Waals surface area contributed by atoms with Crippen molar-refractivity contribution >= 4 is 5.78 Å². The summed E-state index contributed by atoms with van der Waals surface area (Å²) >= 11 is 0. The molecule has 3 aliphatic rings. The predicted molar refractivity (Wildman–Crippen MR) is 76.2 cm³/mol. The lowest BCUT2D eigenvalue weighted by molar-refractivity contribution is -0.120. The van der Waals surface area contributed by atoms with E-state index in [1.807, 2.05) is 0 Å². The van der Waals surface area contributed by atoms with Gasteiger partial charge < -0.3 is 0 Å². The van der Waals surface area contributed by atoms with Gasteiger partial charge in [-0.25, -0.2) is 0 Å². The van der Waals surface area contributed by atoms with E-state index in [9.17, 15) is 4.79 Å². The number of hydrogen-bond acceptors (Lipinski definition) is 1. The zero-order valence-corrected chi connectivity index (χ0v) is 11.5. The van der Waals surface area contributed by atoms with Gasteiger partial charge in [-0.3, -0.25) is 4.79 Å². The minimum atomic E-state index is 0.148. The third-order valence-electron chi connectivity index (χ3n) is 5.53. The SMILES string of the molecule is CCc1ccc2c(c1)C1(CC(=O)C2)CC2C=CC1C2. The van der Waals surface area contributed by atoms with E-state index in [0.717, 1.165) is 12.8 Å². The quantitative estimate of drug-likeness (QED) is 0.698. The summed E-state index contributed by atoms with van der Waals surface area (Å²) in [5, 5.41) is 0. The highest BCUT2D eigenvalue weighted by atomic mass is 16.1. The molecule has 1 aromatic rings. The van der Waals surface area contributed by atoms with Crippen LogP contribution in [0.3, 0.4) is 0 Å². The Morgan fingerprint density at radius 1 is 1.32 bits per heavy atom. The van der Waals surface area contributed by atoms with Gasteiger partial charge in [-0.15, -0.1) is 0 Å². The average Bonchev–Trinajstić information content (AvgIpc) is 2.99. The molecule has 1 saturated carbocycles. The molecule has 4 rings (SSSR count). The number of carbonyl (C=O) groups is 1. The third-order valence-corrected chi connectivity index (χ3v) is 5.53. The maximum absolute atomic E-state index is 12.2. The molecular formula is C18H20O. The first kappa shape index (κ1) is 11.5. The van der Waals surface area contributed by atoms with Crippen LogP contribution >= 0.6 is 0 Å². The molecule has 0 saturated heterocycles. The van der Waals surface area contributed by atoms with Gasteiger partial charge in [-0.05, 0) is 47.8 Å². The predicted octanol–water partition coefficient (Wildman–Crippen LogP) is 3.60. The first-order valence-corrected chi connectivity index (χ1v) is 7.53. The Hall–Kier alpha value is -1.37.